The Morgan fingerprint density at radius 1 is 1.12 bits per heavy atom. The fourth-order valence-electron chi connectivity index (χ4n) is 3.36. The lowest BCUT2D eigenvalue weighted by molar-refractivity contribution is -0.135. The lowest BCUT2D eigenvalue weighted by Crippen LogP contribution is -2.43. The van der Waals surface area contributed by atoms with Gasteiger partial charge in [0.25, 0.3) is 0 Å². The van der Waals surface area contributed by atoms with Gasteiger partial charge in [0.2, 0.25) is 15.9 Å². The lowest BCUT2D eigenvalue weighted by atomic mass is 9.97. The number of halogens is 2. The van der Waals surface area contributed by atoms with Crippen molar-refractivity contribution in [2.75, 3.05) is 26.2 Å². The lowest BCUT2D eigenvalue weighted by Gasteiger charge is -2.32. The smallest absolute Gasteiger partial charge is 0.244 e. The Bertz CT molecular complexity index is 727. The van der Waals surface area contributed by atoms with E-state index < -0.39 is 10.0 Å². The molecule has 1 amide bonds. The molecule has 0 N–H and O–H groups in total. The molecule has 1 aromatic rings. The zero-order valence-electron chi connectivity index (χ0n) is 13.2. The predicted molar refractivity (Wildman–Crippen MR) is 96.4 cm³/mol. The molecule has 1 aromatic carbocycles. The maximum Gasteiger partial charge on any atom is 0.244 e. The van der Waals surface area contributed by atoms with Crippen LogP contribution in [0.15, 0.2) is 27.6 Å². The number of amides is 1. The van der Waals surface area contributed by atoms with E-state index in [1.807, 2.05) is 4.90 Å². The average Bonchev–Trinajstić information content (AvgIpc) is 3.08. The van der Waals surface area contributed by atoms with E-state index in [9.17, 15) is 13.2 Å². The highest BCUT2D eigenvalue weighted by molar-refractivity contribution is 9.10. The Balaban J connectivity index is 1.68. The van der Waals surface area contributed by atoms with Crippen LogP contribution in [0.2, 0.25) is 5.02 Å². The van der Waals surface area contributed by atoms with E-state index in [0.717, 1.165) is 30.4 Å². The van der Waals surface area contributed by atoms with Crippen LogP contribution >= 0.6 is 27.5 Å². The zero-order valence-corrected chi connectivity index (χ0v) is 16.4. The molecule has 5 nitrogen and oxygen atoms in total. The summed E-state index contributed by atoms with van der Waals surface area (Å²) < 4.78 is 27.7. The largest absolute Gasteiger partial charge is 0.342 e. The van der Waals surface area contributed by atoms with Crippen molar-refractivity contribution in [2.24, 2.45) is 5.92 Å². The van der Waals surface area contributed by atoms with E-state index >= 15 is 0 Å². The summed E-state index contributed by atoms with van der Waals surface area (Å²) in [6, 6.07) is 4.77. The second-order valence-corrected chi connectivity index (χ2v) is 9.51. The molecule has 2 saturated heterocycles. The quantitative estimate of drug-likeness (QED) is 0.733. The molecule has 0 aromatic heterocycles. The van der Waals surface area contributed by atoms with Gasteiger partial charge in [-0.25, -0.2) is 8.42 Å². The topological polar surface area (TPSA) is 57.7 Å². The van der Waals surface area contributed by atoms with Gasteiger partial charge in [0.15, 0.2) is 0 Å². The molecule has 24 heavy (non-hydrogen) atoms. The number of nitrogens with zero attached hydrogens (tertiary/aromatic N) is 2. The van der Waals surface area contributed by atoms with E-state index in [4.69, 9.17) is 11.6 Å². The van der Waals surface area contributed by atoms with Gasteiger partial charge in [-0.1, -0.05) is 27.5 Å². The fourth-order valence-corrected chi connectivity index (χ4v) is 5.84. The van der Waals surface area contributed by atoms with Crippen LogP contribution in [0.25, 0.3) is 0 Å². The molecule has 0 atom stereocenters. The number of likely N-dealkylation sites (tertiary alicyclic amines) is 1. The van der Waals surface area contributed by atoms with Gasteiger partial charge in [-0.05, 0) is 43.9 Å². The first-order valence-corrected chi connectivity index (χ1v) is 10.7. The van der Waals surface area contributed by atoms with Crippen molar-refractivity contribution >= 4 is 43.5 Å². The number of sulfonamides is 1. The van der Waals surface area contributed by atoms with Crippen LogP contribution in [0.5, 0.6) is 0 Å². The minimum Gasteiger partial charge on any atom is -0.342 e. The normalized spacial score (nSPS) is 20.5. The molecule has 0 radical (unpaired) electrons. The number of hydrogen-bond acceptors (Lipinski definition) is 3. The summed E-state index contributed by atoms with van der Waals surface area (Å²) in [6.45, 7) is 2.40. The summed E-state index contributed by atoms with van der Waals surface area (Å²) in [6.07, 6.45) is 3.29. The van der Waals surface area contributed by atoms with Crippen LogP contribution < -0.4 is 0 Å². The molecule has 2 aliphatic rings. The molecule has 132 valence electrons. The van der Waals surface area contributed by atoms with Gasteiger partial charge in [-0.15, -0.1) is 0 Å². The van der Waals surface area contributed by atoms with Crippen LogP contribution in [0.3, 0.4) is 0 Å². The standard InChI is InChI=1S/C16H20BrClN2O3S/c17-13-3-4-15(14(18)11-13)24(22,23)20-9-5-12(6-10-20)16(21)19-7-1-2-8-19/h3-4,11-12H,1-2,5-10H2. The molecular formula is C16H20BrClN2O3S. The summed E-state index contributed by atoms with van der Waals surface area (Å²) in [7, 11) is -3.62. The first-order chi connectivity index (χ1) is 11.4. The van der Waals surface area contributed by atoms with Gasteiger partial charge in [0, 0.05) is 36.6 Å². The Morgan fingerprint density at radius 2 is 1.75 bits per heavy atom. The van der Waals surface area contributed by atoms with E-state index in [1.165, 1.54) is 10.4 Å². The van der Waals surface area contributed by atoms with Crippen molar-refractivity contribution < 1.29 is 13.2 Å². The summed E-state index contributed by atoms with van der Waals surface area (Å²) in [5, 5.41) is 0.208. The van der Waals surface area contributed by atoms with Crippen LogP contribution in [0, 0.1) is 5.92 Å². The minimum atomic E-state index is -3.62. The van der Waals surface area contributed by atoms with Crippen molar-refractivity contribution in [3.05, 3.63) is 27.7 Å². The molecule has 3 rings (SSSR count). The van der Waals surface area contributed by atoms with Crippen molar-refractivity contribution in [1.29, 1.82) is 0 Å². The van der Waals surface area contributed by atoms with Crippen LogP contribution in [-0.4, -0.2) is 49.7 Å². The first-order valence-electron chi connectivity index (χ1n) is 8.13. The minimum absolute atomic E-state index is 0.0602. The third kappa shape index (κ3) is 3.64. The monoisotopic (exact) mass is 434 g/mol. The van der Waals surface area contributed by atoms with Crippen molar-refractivity contribution in [2.45, 2.75) is 30.6 Å². The summed E-state index contributed by atoms with van der Waals surface area (Å²) in [4.78, 5) is 14.5. The van der Waals surface area contributed by atoms with Gasteiger partial charge in [-0.2, -0.15) is 4.31 Å². The molecule has 0 spiro atoms. The fraction of sp³-hybridized carbons (Fsp3) is 0.562. The van der Waals surface area contributed by atoms with Gasteiger partial charge in [0.05, 0.1) is 5.02 Å². The second-order valence-electron chi connectivity index (χ2n) is 6.29. The van der Waals surface area contributed by atoms with Crippen LogP contribution in [0.1, 0.15) is 25.7 Å². The Kier molecular flexibility index (Phi) is 5.54. The molecule has 0 aliphatic carbocycles. The first kappa shape index (κ1) is 18.2. The van der Waals surface area contributed by atoms with Crippen molar-refractivity contribution in [3.8, 4) is 0 Å². The number of carbonyl (C=O) groups is 1. The average molecular weight is 436 g/mol. The number of carbonyl (C=O) groups excluding carboxylic acids is 1. The van der Waals surface area contributed by atoms with Crippen LogP contribution in [-0.2, 0) is 14.8 Å². The van der Waals surface area contributed by atoms with E-state index in [0.29, 0.717) is 25.9 Å². The number of benzene rings is 1. The van der Waals surface area contributed by atoms with Crippen molar-refractivity contribution in [1.82, 2.24) is 9.21 Å². The molecule has 2 aliphatic heterocycles. The third-order valence-corrected chi connectivity index (χ3v) is 7.61. The van der Waals surface area contributed by atoms with Gasteiger partial charge >= 0.3 is 0 Å². The maximum absolute atomic E-state index is 12.8. The van der Waals surface area contributed by atoms with Crippen LogP contribution in [0.4, 0.5) is 0 Å². The Morgan fingerprint density at radius 3 is 2.33 bits per heavy atom. The maximum atomic E-state index is 12.8. The summed E-state index contributed by atoms with van der Waals surface area (Å²) >= 11 is 9.38. The molecule has 0 saturated carbocycles. The van der Waals surface area contributed by atoms with E-state index in [2.05, 4.69) is 15.9 Å². The SMILES string of the molecule is O=C(C1CCN(S(=O)(=O)c2ccc(Br)cc2Cl)CC1)N1CCCC1. The van der Waals surface area contributed by atoms with Gasteiger partial charge in [-0.3, -0.25) is 4.79 Å². The second kappa shape index (κ2) is 7.32. The summed E-state index contributed by atoms with van der Waals surface area (Å²) in [5.41, 5.74) is 0. The Labute approximate surface area is 156 Å². The zero-order chi connectivity index (χ0) is 17.3. The molecular weight excluding hydrogens is 416 g/mol. The highest BCUT2D eigenvalue weighted by Crippen LogP contribution is 2.31. The molecule has 0 unspecified atom stereocenters. The van der Waals surface area contributed by atoms with E-state index in [1.54, 1.807) is 12.1 Å². The predicted octanol–water partition coefficient (Wildman–Crippen LogP) is 3.13. The number of rotatable bonds is 3. The molecule has 2 heterocycles. The van der Waals surface area contributed by atoms with E-state index in [-0.39, 0.29) is 21.7 Å². The third-order valence-electron chi connectivity index (χ3n) is 4.73. The van der Waals surface area contributed by atoms with Gasteiger partial charge < -0.3 is 4.90 Å². The van der Waals surface area contributed by atoms with Crippen molar-refractivity contribution in [3.63, 3.8) is 0 Å². The summed E-state index contributed by atoms with van der Waals surface area (Å²) in [5.74, 6) is 0.126. The number of hydrogen-bond donors (Lipinski definition) is 0. The molecule has 8 heteroatoms. The molecule has 2 fully saturated rings. The molecule has 0 bridgehead atoms. The highest BCUT2D eigenvalue weighted by atomic mass is 79.9. The number of piperidine rings is 1. The highest BCUT2D eigenvalue weighted by Gasteiger charge is 2.35. The Hall–Kier alpha value is -0.630. The van der Waals surface area contributed by atoms with Gasteiger partial charge in [0.1, 0.15) is 4.90 Å².